The molecular weight excluding hydrogens is 376 g/mol. The zero-order chi connectivity index (χ0) is 21.5. The van der Waals surface area contributed by atoms with E-state index >= 15 is 0 Å². The van der Waals surface area contributed by atoms with E-state index in [-0.39, 0.29) is 11.8 Å². The fourth-order valence-electron chi connectivity index (χ4n) is 3.99. The molecule has 0 radical (unpaired) electrons. The largest absolute Gasteiger partial charge is 0.481 e. The molecule has 1 N–H and O–H groups in total. The van der Waals surface area contributed by atoms with Crippen LogP contribution in [0.5, 0.6) is 0 Å². The van der Waals surface area contributed by atoms with Gasteiger partial charge in [-0.3, -0.25) is 9.59 Å². The van der Waals surface area contributed by atoms with Crippen LogP contribution in [0.2, 0.25) is 0 Å². The second kappa shape index (κ2) is 10.3. The lowest BCUT2D eigenvalue weighted by Crippen LogP contribution is -2.36. The Labute approximate surface area is 179 Å². The van der Waals surface area contributed by atoms with E-state index in [4.69, 9.17) is 0 Å². The first kappa shape index (κ1) is 21.9. The summed E-state index contributed by atoms with van der Waals surface area (Å²) in [6, 6.07) is 16.7. The van der Waals surface area contributed by atoms with E-state index in [1.54, 1.807) is 4.90 Å². The summed E-state index contributed by atoms with van der Waals surface area (Å²) >= 11 is 0. The zero-order valence-corrected chi connectivity index (χ0v) is 18.0. The van der Waals surface area contributed by atoms with Gasteiger partial charge in [-0.15, -0.1) is 0 Å². The van der Waals surface area contributed by atoms with Crippen molar-refractivity contribution in [1.82, 2.24) is 4.90 Å². The molecule has 1 amide bonds. The van der Waals surface area contributed by atoms with E-state index < -0.39 is 5.97 Å². The molecule has 2 aromatic rings. The van der Waals surface area contributed by atoms with Gasteiger partial charge >= 0.3 is 5.97 Å². The summed E-state index contributed by atoms with van der Waals surface area (Å²) in [5, 5.41) is 9.17. The third-order valence-corrected chi connectivity index (χ3v) is 5.94. The summed E-state index contributed by atoms with van der Waals surface area (Å²) in [7, 11) is 1.86. The minimum absolute atomic E-state index is 0.162. The van der Waals surface area contributed by atoms with E-state index in [1.807, 2.05) is 19.2 Å². The minimum atomic E-state index is -0.689. The molecule has 0 aliphatic carbocycles. The van der Waals surface area contributed by atoms with Gasteiger partial charge in [0.05, 0.1) is 5.92 Å². The number of carbonyl (C=O) groups excluding carboxylic acids is 1. The van der Waals surface area contributed by atoms with Crippen molar-refractivity contribution in [3.63, 3.8) is 0 Å². The maximum atomic E-state index is 12.5. The van der Waals surface area contributed by atoms with Crippen molar-refractivity contribution in [2.45, 2.75) is 45.6 Å². The average Bonchev–Trinajstić information content (AvgIpc) is 2.75. The molecule has 0 aromatic heterocycles. The lowest BCUT2D eigenvalue weighted by molar-refractivity contribution is -0.142. The maximum Gasteiger partial charge on any atom is 0.306 e. The first-order chi connectivity index (χ1) is 14.4. The molecule has 2 aromatic carbocycles. The van der Waals surface area contributed by atoms with Gasteiger partial charge in [-0.2, -0.15) is 0 Å². The molecule has 0 bridgehead atoms. The number of carboxylic acids is 1. The maximum absolute atomic E-state index is 12.5. The summed E-state index contributed by atoms with van der Waals surface area (Å²) in [6.45, 7) is 4.18. The Hall–Kier alpha value is -2.82. The summed E-state index contributed by atoms with van der Waals surface area (Å²) < 4.78 is 0. The Morgan fingerprint density at radius 2 is 1.77 bits per heavy atom. The van der Waals surface area contributed by atoms with Gasteiger partial charge in [-0.25, -0.2) is 0 Å². The number of hydrogen-bond donors (Lipinski definition) is 1. The van der Waals surface area contributed by atoms with Gasteiger partial charge < -0.3 is 14.9 Å². The van der Waals surface area contributed by atoms with Crippen LogP contribution in [0.1, 0.15) is 42.4 Å². The predicted molar refractivity (Wildman–Crippen MR) is 120 cm³/mol. The van der Waals surface area contributed by atoms with Gasteiger partial charge in [-0.1, -0.05) is 42.0 Å². The van der Waals surface area contributed by atoms with E-state index in [9.17, 15) is 14.7 Å². The van der Waals surface area contributed by atoms with Gasteiger partial charge in [0.2, 0.25) is 5.91 Å². The van der Waals surface area contributed by atoms with Crippen LogP contribution in [0.15, 0.2) is 48.5 Å². The van der Waals surface area contributed by atoms with Crippen LogP contribution in [0.4, 0.5) is 5.69 Å². The number of anilines is 1. The second-order valence-electron chi connectivity index (χ2n) is 8.36. The lowest BCUT2D eigenvalue weighted by Gasteiger charge is -2.32. The molecule has 1 fully saturated rings. The number of nitrogens with zero attached hydrogens (tertiary/aromatic N) is 2. The van der Waals surface area contributed by atoms with Crippen molar-refractivity contribution in [3.8, 4) is 0 Å². The van der Waals surface area contributed by atoms with Crippen molar-refractivity contribution < 1.29 is 14.7 Å². The first-order valence-electron chi connectivity index (χ1n) is 10.8. The highest BCUT2D eigenvalue weighted by Gasteiger charge is 2.24. The minimum Gasteiger partial charge on any atom is -0.481 e. The molecule has 5 nitrogen and oxygen atoms in total. The number of amides is 1. The van der Waals surface area contributed by atoms with Crippen LogP contribution >= 0.6 is 0 Å². The third-order valence-electron chi connectivity index (χ3n) is 5.94. The van der Waals surface area contributed by atoms with Crippen molar-refractivity contribution in [2.24, 2.45) is 5.92 Å². The van der Waals surface area contributed by atoms with E-state index in [0.717, 1.165) is 37.2 Å². The SMILES string of the molecule is Cc1ccc(CCCC(=O)N(C)Cc2cccc(N3CCC(C(=O)O)CC3)c2)cc1. The van der Waals surface area contributed by atoms with Crippen molar-refractivity contribution >= 4 is 17.6 Å². The van der Waals surface area contributed by atoms with Crippen LogP contribution in [0.3, 0.4) is 0 Å². The number of piperidine rings is 1. The molecule has 5 heteroatoms. The number of carbonyl (C=O) groups is 2. The molecule has 0 spiro atoms. The average molecular weight is 409 g/mol. The Morgan fingerprint density at radius 3 is 2.43 bits per heavy atom. The van der Waals surface area contributed by atoms with E-state index in [0.29, 0.717) is 25.8 Å². The standard InChI is InChI=1S/C25H32N2O3/c1-19-9-11-20(12-10-19)5-4-8-24(28)26(2)18-21-6-3-7-23(17-21)27-15-13-22(14-16-27)25(29)30/h3,6-7,9-12,17,22H,4-5,8,13-16,18H2,1-2H3,(H,29,30). The Balaban J connectivity index is 1.48. The molecular formula is C25H32N2O3. The van der Waals surface area contributed by atoms with E-state index in [2.05, 4.69) is 48.2 Å². The predicted octanol–water partition coefficient (Wildman–Crippen LogP) is 4.28. The number of benzene rings is 2. The molecule has 160 valence electrons. The number of rotatable bonds is 8. The molecule has 1 saturated heterocycles. The Morgan fingerprint density at radius 1 is 1.07 bits per heavy atom. The van der Waals surface area contributed by atoms with Crippen LogP contribution in [0.25, 0.3) is 0 Å². The summed E-state index contributed by atoms with van der Waals surface area (Å²) in [5.74, 6) is -0.756. The summed E-state index contributed by atoms with van der Waals surface area (Å²) in [5.41, 5.74) is 4.73. The van der Waals surface area contributed by atoms with Gasteiger partial charge in [-0.05, 0) is 55.9 Å². The van der Waals surface area contributed by atoms with Crippen LogP contribution in [0, 0.1) is 12.8 Å². The van der Waals surface area contributed by atoms with Crippen molar-refractivity contribution in [3.05, 3.63) is 65.2 Å². The molecule has 3 rings (SSSR count). The van der Waals surface area contributed by atoms with Crippen LogP contribution < -0.4 is 4.90 Å². The summed E-state index contributed by atoms with van der Waals surface area (Å²) in [4.78, 5) is 27.7. The molecule has 1 heterocycles. The molecule has 0 saturated carbocycles. The topological polar surface area (TPSA) is 60.9 Å². The van der Waals surface area contributed by atoms with Gasteiger partial charge in [0.15, 0.2) is 0 Å². The number of hydrogen-bond acceptors (Lipinski definition) is 3. The molecule has 30 heavy (non-hydrogen) atoms. The highest BCUT2D eigenvalue weighted by atomic mass is 16.4. The van der Waals surface area contributed by atoms with E-state index in [1.165, 1.54) is 11.1 Å². The summed E-state index contributed by atoms with van der Waals surface area (Å²) in [6.07, 6.45) is 3.68. The molecule has 1 aliphatic heterocycles. The highest BCUT2D eigenvalue weighted by Crippen LogP contribution is 2.24. The number of aryl methyl sites for hydroxylation is 2. The fraction of sp³-hybridized carbons (Fsp3) is 0.440. The van der Waals surface area contributed by atoms with Gasteiger partial charge in [0, 0.05) is 38.8 Å². The quantitative estimate of drug-likeness (QED) is 0.708. The molecule has 0 unspecified atom stereocenters. The van der Waals surface area contributed by atoms with Gasteiger partial charge in [0.25, 0.3) is 0 Å². The molecule has 0 atom stereocenters. The van der Waals surface area contributed by atoms with Crippen LogP contribution in [-0.4, -0.2) is 42.0 Å². The number of aliphatic carboxylic acids is 1. The first-order valence-corrected chi connectivity index (χ1v) is 10.8. The zero-order valence-electron chi connectivity index (χ0n) is 18.0. The fourth-order valence-corrected chi connectivity index (χ4v) is 3.99. The smallest absolute Gasteiger partial charge is 0.306 e. The van der Waals surface area contributed by atoms with Gasteiger partial charge in [0.1, 0.15) is 0 Å². The lowest BCUT2D eigenvalue weighted by atomic mass is 9.96. The molecule has 1 aliphatic rings. The normalized spacial score (nSPS) is 14.5. The Bertz CT molecular complexity index is 855. The number of carboxylic acid groups (broad SMARTS) is 1. The third kappa shape index (κ3) is 6.09. The Kier molecular flexibility index (Phi) is 7.50. The monoisotopic (exact) mass is 408 g/mol. The van der Waals surface area contributed by atoms with Crippen molar-refractivity contribution in [1.29, 1.82) is 0 Å². The van der Waals surface area contributed by atoms with Crippen molar-refractivity contribution in [2.75, 3.05) is 25.0 Å². The highest BCUT2D eigenvalue weighted by molar-refractivity contribution is 5.76. The van der Waals surface area contributed by atoms with Crippen LogP contribution in [-0.2, 0) is 22.6 Å². The second-order valence-corrected chi connectivity index (χ2v) is 8.36.